The number of para-hydroxylation sites is 1. The Labute approximate surface area is 96.0 Å². The number of benzene rings is 1. The van der Waals surface area contributed by atoms with E-state index in [1.807, 2.05) is 0 Å². The highest BCUT2D eigenvalue weighted by molar-refractivity contribution is 9.09. The highest BCUT2D eigenvalue weighted by Crippen LogP contribution is 2.11. The molecule has 2 N–H and O–H groups in total. The zero-order valence-corrected chi connectivity index (χ0v) is 9.79. The monoisotopic (exact) mass is 276 g/mol. The van der Waals surface area contributed by atoms with Gasteiger partial charge in [-0.05, 0) is 24.4 Å². The summed E-state index contributed by atoms with van der Waals surface area (Å²) < 4.78 is 13.1. The molecule has 0 amide bonds. The maximum atomic E-state index is 13.1. The van der Waals surface area contributed by atoms with Crippen molar-refractivity contribution in [3.63, 3.8) is 0 Å². The van der Waals surface area contributed by atoms with E-state index in [-0.39, 0.29) is 5.82 Å². The van der Waals surface area contributed by atoms with Crippen molar-refractivity contribution in [2.45, 2.75) is 0 Å². The fourth-order valence-corrected chi connectivity index (χ4v) is 1.30. The summed E-state index contributed by atoms with van der Waals surface area (Å²) in [5, 5.41) is 6.91. The lowest BCUT2D eigenvalue weighted by Gasteiger charge is -2.09. The minimum absolute atomic E-state index is 0.310. The summed E-state index contributed by atoms with van der Waals surface area (Å²) in [5.74, 6) is -0.310. The molecule has 0 saturated heterocycles. The van der Waals surface area contributed by atoms with Crippen LogP contribution in [0.25, 0.3) is 0 Å². The fourth-order valence-electron chi connectivity index (χ4n) is 0.890. The molecule has 0 aliphatic rings. The van der Waals surface area contributed by atoms with Crippen LogP contribution in [0, 0.1) is 5.82 Å². The highest BCUT2D eigenvalue weighted by atomic mass is 79.9. The van der Waals surface area contributed by atoms with Crippen LogP contribution in [0.2, 0.25) is 0 Å². The van der Waals surface area contributed by atoms with Gasteiger partial charge in [-0.25, -0.2) is 4.39 Å². The van der Waals surface area contributed by atoms with Gasteiger partial charge in [0.05, 0.1) is 5.69 Å². The third-order valence-corrected chi connectivity index (χ3v) is 2.15. The summed E-state index contributed by atoms with van der Waals surface area (Å²) in [6, 6.07) is 6.40. The van der Waals surface area contributed by atoms with Crippen molar-refractivity contribution in [3.05, 3.63) is 30.1 Å². The van der Waals surface area contributed by atoms with E-state index < -0.39 is 0 Å². The van der Waals surface area contributed by atoms with Crippen LogP contribution in [-0.4, -0.2) is 17.0 Å². The van der Waals surface area contributed by atoms with E-state index in [9.17, 15) is 4.39 Å². The van der Waals surface area contributed by atoms with Gasteiger partial charge in [-0.1, -0.05) is 28.1 Å². The first-order valence-corrected chi connectivity index (χ1v) is 5.62. The molecule has 0 aliphatic carbocycles. The van der Waals surface area contributed by atoms with Crippen molar-refractivity contribution in [2.75, 3.05) is 17.2 Å². The van der Waals surface area contributed by atoms with E-state index in [0.717, 1.165) is 5.33 Å². The molecule has 5 heteroatoms. The Morgan fingerprint density at radius 3 is 2.79 bits per heavy atom. The number of anilines is 1. The van der Waals surface area contributed by atoms with Gasteiger partial charge in [-0.15, -0.1) is 0 Å². The number of hydrogen-bond acceptors (Lipinski definition) is 1. The molecular weight excluding hydrogens is 267 g/mol. The number of hydrogen-bond donors (Lipinski definition) is 2. The Morgan fingerprint density at radius 2 is 2.14 bits per heavy atom. The van der Waals surface area contributed by atoms with Crippen molar-refractivity contribution in [1.29, 1.82) is 0 Å². The first-order chi connectivity index (χ1) is 6.74. The van der Waals surface area contributed by atoms with Crippen LogP contribution in [-0.2, 0) is 0 Å². The molecule has 0 aliphatic heterocycles. The lowest BCUT2D eigenvalue weighted by Crippen LogP contribution is -2.30. The summed E-state index contributed by atoms with van der Waals surface area (Å²) in [6.07, 6.45) is 0. The quantitative estimate of drug-likeness (QED) is 0.655. The van der Waals surface area contributed by atoms with Gasteiger partial charge in [0.2, 0.25) is 0 Å². The van der Waals surface area contributed by atoms with Gasteiger partial charge >= 0.3 is 0 Å². The van der Waals surface area contributed by atoms with Crippen LogP contribution in [0.15, 0.2) is 24.3 Å². The Kier molecular flexibility index (Phi) is 4.82. The van der Waals surface area contributed by atoms with E-state index in [1.54, 1.807) is 18.2 Å². The summed E-state index contributed by atoms with van der Waals surface area (Å²) in [4.78, 5) is 0. The molecule has 0 fully saturated rings. The zero-order chi connectivity index (χ0) is 10.4. The third kappa shape index (κ3) is 3.59. The number of thiocarbonyl (C=S) groups is 1. The molecule has 1 rings (SSSR count). The summed E-state index contributed by atoms with van der Waals surface area (Å²) in [5.41, 5.74) is 0.388. The van der Waals surface area contributed by atoms with Crippen molar-refractivity contribution in [2.24, 2.45) is 0 Å². The predicted octanol–water partition coefficient (Wildman–Crippen LogP) is 2.51. The molecule has 1 aromatic rings. The second kappa shape index (κ2) is 5.93. The predicted molar refractivity (Wildman–Crippen MR) is 64.4 cm³/mol. The number of alkyl halides is 1. The molecule has 2 nitrogen and oxygen atoms in total. The lowest BCUT2D eigenvalue weighted by atomic mass is 10.3. The summed E-state index contributed by atoms with van der Waals surface area (Å²) in [6.45, 7) is 0.709. The highest BCUT2D eigenvalue weighted by Gasteiger charge is 2.01. The number of nitrogens with one attached hydrogen (secondary N) is 2. The lowest BCUT2D eigenvalue weighted by molar-refractivity contribution is 0.632. The molecule has 0 atom stereocenters. The van der Waals surface area contributed by atoms with Crippen molar-refractivity contribution in [1.82, 2.24) is 5.32 Å². The van der Waals surface area contributed by atoms with Crippen molar-refractivity contribution in [3.8, 4) is 0 Å². The Bertz CT molecular complexity index is 319. The molecule has 0 heterocycles. The normalized spacial score (nSPS) is 9.57. The molecule has 0 spiro atoms. The van der Waals surface area contributed by atoms with Gasteiger partial charge in [0.1, 0.15) is 5.82 Å². The maximum Gasteiger partial charge on any atom is 0.170 e. The molecule has 1 aromatic carbocycles. The first-order valence-electron chi connectivity index (χ1n) is 4.09. The Hall–Kier alpha value is -0.680. The zero-order valence-electron chi connectivity index (χ0n) is 7.39. The van der Waals surface area contributed by atoms with E-state index >= 15 is 0 Å². The molecule has 0 saturated carbocycles. The summed E-state index contributed by atoms with van der Waals surface area (Å²) >= 11 is 8.21. The Morgan fingerprint density at radius 1 is 1.43 bits per heavy atom. The van der Waals surface area contributed by atoms with Gasteiger partial charge in [0.15, 0.2) is 5.11 Å². The minimum Gasteiger partial charge on any atom is -0.362 e. The fraction of sp³-hybridized carbons (Fsp3) is 0.222. The van der Waals surface area contributed by atoms with Crippen LogP contribution in [0.5, 0.6) is 0 Å². The van der Waals surface area contributed by atoms with Crippen LogP contribution >= 0.6 is 28.1 Å². The molecule has 76 valence electrons. The second-order valence-corrected chi connectivity index (χ2v) is 3.75. The van der Waals surface area contributed by atoms with Crippen molar-refractivity contribution < 1.29 is 4.39 Å². The molecule has 14 heavy (non-hydrogen) atoms. The third-order valence-electron chi connectivity index (χ3n) is 1.50. The van der Waals surface area contributed by atoms with Crippen LogP contribution in [0.1, 0.15) is 0 Å². The van der Waals surface area contributed by atoms with Gasteiger partial charge in [0.25, 0.3) is 0 Å². The standard InChI is InChI=1S/C9H10BrFN2S/c10-5-6-12-9(14)13-8-4-2-1-3-7(8)11/h1-4H,5-6H2,(H2,12,13,14). The largest absolute Gasteiger partial charge is 0.362 e. The van der Waals surface area contributed by atoms with Gasteiger partial charge in [0, 0.05) is 11.9 Å². The maximum absolute atomic E-state index is 13.1. The number of rotatable bonds is 3. The molecule has 0 unspecified atom stereocenters. The molecule has 0 aromatic heterocycles. The van der Waals surface area contributed by atoms with Gasteiger partial charge in [-0.2, -0.15) is 0 Å². The molecule has 0 radical (unpaired) electrons. The average molecular weight is 277 g/mol. The van der Waals surface area contributed by atoms with Crippen LogP contribution in [0.4, 0.5) is 10.1 Å². The van der Waals surface area contributed by atoms with Crippen LogP contribution < -0.4 is 10.6 Å². The molecular formula is C9H10BrFN2S. The topological polar surface area (TPSA) is 24.1 Å². The average Bonchev–Trinajstić information content (AvgIpc) is 2.18. The SMILES string of the molecule is Fc1ccccc1NC(=S)NCCBr. The van der Waals surface area contributed by atoms with E-state index in [0.29, 0.717) is 17.3 Å². The smallest absolute Gasteiger partial charge is 0.170 e. The summed E-state index contributed by atoms with van der Waals surface area (Å²) in [7, 11) is 0. The van der Waals surface area contributed by atoms with Gasteiger partial charge in [-0.3, -0.25) is 0 Å². The minimum atomic E-state index is -0.310. The van der Waals surface area contributed by atoms with E-state index in [2.05, 4.69) is 26.6 Å². The van der Waals surface area contributed by atoms with Crippen LogP contribution in [0.3, 0.4) is 0 Å². The number of halogens is 2. The van der Waals surface area contributed by atoms with E-state index in [4.69, 9.17) is 12.2 Å². The molecule has 0 bridgehead atoms. The second-order valence-electron chi connectivity index (χ2n) is 2.55. The Balaban J connectivity index is 2.52. The van der Waals surface area contributed by atoms with E-state index in [1.165, 1.54) is 6.07 Å². The van der Waals surface area contributed by atoms with Crippen molar-refractivity contribution >= 4 is 38.9 Å². The van der Waals surface area contributed by atoms with Gasteiger partial charge < -0.3 is 10.6 Å². The first kappa shape index (κ1) is 11.4.